The van der Waals surface area contributed by atoms with E-state index in [-0.39, 0.29) is 12.0 Å². The van der Waals surface area contributed by atoms with Gasteiger partial charge >= 0.3 is 5.97 Å². The minimum atomic E-state index is -0.178. The van der Waals surface area contributed by atoms with Crippen LogP contribution in [0.5, 0.6) is 0 Å². The summed E-state index contributed by atoms with van der Waals surface area (Å²) in [5, 5.41) is 3.19. The summed E-state index contributed by atoms with van der Waals surface area (Å²) in [6.07, 6.45) is 16.3. The predicted octanol–water partition coefficient (Wildman–Crippen LogP) is 4.84. The van der Waals surface area contributed by atoms with E-state index in [4.69, 9.17) is 0 Å². The van der Waals surface area contributed by atoms with E-state index in [1.165, 1.54) is 77.7 Å². The third-order valence-corrected chi connectivity index (χ3v) is 4.04. The van der Waals surface area contributed by atoms with E-state index in [1.54, 1.807) is 0 Å². The van der Waals surface area contributed by atoms with Crippen LogP contribution in [0.3, 0.4) is 0 Å². The fourth-order valence-corrected chi connectivity index (χ4v) is 2.54. The second kappa shape index (κ2) is 15.8. The maximum Gasteiger partial charge on any atom is 0.322 e. The summed E-state index contributed by atoms with van der Waals surface area (Å²) in [5.41, 5.74) is 0. The summed E-state index contributed by atoms with van der Waals surface area (Å²) in [5.74, 6) is -0.172. The number of carbonyl (C=O) groups is 1. The zero-order chi connectivity index (χ0) is 15.8. The highest BCUT2D eigenvalue weighted by atomic mass is 16.5. The highest BCUT2D eigenvalue weighted by Crippen LogP contribution is 2.11. The Morgan fingerprint density at radius 2 is 1.29 bits per heavy atom. The molecular weight excluding hydrogens is 262 g/mol. The number of rotatable bonds is 15. The van der Waals surface area contributed by atoms with Crippen LogP contribution in [0, 0.1) is 0 Å². The molecule has 0 aromatic carbocycles. The summed E-state index contributed by atoms with van der Waals surface area (Å²) < 4.78 is 4.67. The van der Waals surface area contributed by atoms with Gasteiger partial charge in [0.15, 0.2) is 0 Å². The molecule has 0 radical (unpaired) electrons. The number of hydrogen-bond acceptors (Lipinski definition) is 3. The molecule has 0 bridgehead atoms. The average molecular weight is 299 g/mol. The SMILES string of the molecule is CCCCCCCCCCCCCCNC(C)C(=O)OC. The molecule has 0 aromatic heterocycles. The first-order chi connectivity index (χ1) is 10.2. The van der Waals surface area contributed by atoms with Crippen LogP contribution in [0.25, 0.3) is 0 Å². The van der Waals surface area contributed by atoms with Crippen LogP contribution in [-0.2, 0) is 9.53 Å². The Balaban J connectivity index is 3.11. The van der Waals surface area contributed by atoms with E-state index in [0.717, 1.165) is 13.0 Å². The number of methoxy groups -OCH3 is 1. The number of carbonyl (C=O) groups excluding carboxylic acids is 1. The molecule has 0 heterocycles. The molecule has 0 aliphatic carbocycles. The third kappa shape index (κ3) is 14.1. The molecular formula is C18H37NO2. The Hall–Kier alpha value is -0.570. The maximum absolute atomic E-state index is 11.2. The first-order valence-corrected chi connectivity index (χ1v) is 9.03. The van der Waals surface area contributed by atoms with Gasteiger partial charge in [0.25, 0.3) is 0 Å². The standard InChI is InChI=1S/C18H37NO2/c1-4-5-6-7-8-9-10-11-12-13-14-15-16-19-17(2)18(20)21-3/h17,19H,4-16H2,1-3H3. The van der Waals surface area contributed by atoms with Crippen molar-refractivity contribution in [3.05, 3.63) is 0 Å². The molecule has 21 heavy (non-hydrogen) atoms. The van der Waals surface area contributed by atoms with Crippen molar-refractivity contribution in [2.45, 2.75) is 96.9 Å². The molecule has 0 saturated carbocycles. The van der Waals surface area contributed by atoms with E-state index >= 15 is 0 Å². The molecule has 3 nitrogen and oxygen atoms in total. The van der Waals surface area contributed by atoms with Crippen molar-refractivity contribution in [3.8, 4) is 0 Å². The number of hydrogen-bond donors (Lipinski definition) is 1. The minimum Gasteiger partial charge on any atom is -0.468 e. The van der Waals surface area contributed by atoms with Crippen molar-refractivity contribution in [2.75, 3.05) is 13.7 Å². The van der Waals surface area contributed by atoms with Gasteiger partial charge in [-0.2, -0.15) is 0 Å². The van der Waals surface area contributed by atoms with Crippen LogP contribution < -0.4 is 5.32 Å². The molecule has 0 saturated heterocycles. The van der Waals surface area contributed by atoms with Gasteiger partial charge in [-0.25, -0.2) is 0 Å². The van der Waals surface area contributed by atoms with Crippen molar-refractivity contribution in [1.29, 1.82) is 0 Å². The number of nitrogens with one attached hydrogen (secondary N) is 1. The molecule has 0 amide bonds. The van der Waals surface area contributed by atoms with E-state index in [0.29, 0.717) is 0 Å². The van der Waals surface area contributed by atoms with Gasteiger partial charge in [-0.15, -0.1) is 0 Å². The number of unbranched alkanes of at least 4 members (excludes halogenated alkanes) is 11. The van der Waals surface area contributed by atoms with Crippen LogP contribution >= 0.6 is 0 Å². The van der Waals surface area contributed by atoms with Gasteiger partial charge in [-0.05, 0) is 19.9 Å². The Morgan fingerprint density at radius 1 is 0.857 bits per heavy atom. The Morgan fingerprint density at radius 3 is 1.71 bits per heavy atom. The predicted molar refractivity (Wildman–Crippen MR) is 90.6 cm³/mol. The smallest absolute Gasteiger partial charge is 0.322 e. The van der Waals surface area contributed by atoms with Gasteiger partial charge in [-0.3, -0.25) is 4.79 Å². The molecule has 0 fully saturated rings. The molecule has 126 valence electrons. The van der Waals surface area contributed by atoms with Gasteiger partial charge in [0.2, 0.25) is 0 Å². The highest BCUT2D eigenvalue weighted by Gasteiger charge is 2.10. The minimum absolute atomic E-state index is 0.172. The van der Waals surface area contributed by atoms with Crippen molar-refractivity contribution in [1.82, 2.24) is 5.32 Å². The molecule has 0 aromatic rings. The number of ether oxygens (including phenoxy) is 1. The molecule has 0 aliphatic rings. The summed E-state index contributed by atoms with van der Waals surface area (Å²) in [6.45, 7) is 5.03. The first kappa shape index (κ1) is 20.4. The second-order valence-corrected chi connectivity index (χ2v) is 6.09. The Kier molecular flexibility index (Phi) is 15.4. The van der Waals surface area contributed by atoms with Crippen LogP contribution in [0.2, 0.25) is 0 Å². The summed E-state index contributed by atoms with van der Waals surface area (Å²) in [6, 6.07) is -0.178. The normalized spacial score (nSPS) is 12.3. The van der Waals surface area contributed by atoms with E-state index < -0.39 is 0 Å². The molecule has 1 unspecified atom stereocenters. The zero-order valence-corrected chi connectivity index (χ0v) is 14.6. The lowest BCUT2D eigenvalue weighted by Gasteiger charge is -2.10. The molecule has 1 atom stereocenters. The summed E-state index contributed by atoms with van der Waals surface area (Å²) in [4.78, 5) is 11.2. The molecule has 0 aliphatic heterocycles. The second-order valence-electron chi connectivity index (χ2n) is 6.09. The first-order valence-electron chi connectivity index (χ1n) is 9.03. The lowest BCUT2D eigenvalue weighted by atomic mass is 10.1. The van der Waals surface area contributed by atoms with Crippen LogP contribution in [0.15, 0.2) is 0 Å². The quantitative estimate of drug-likeness (QED) is 0.347. The molecule has 0 spiro atoms. The average Bonchev–Trinajstić information content (AvgIpc) is 2.50. The van der Waals surface area contributed by atoms with Crippen molar-refractivity contribution in [3.63, 3.8) is 0 Å². The highest BCUT2D eigenvalue weighted by molar-refractivity contribution is 5.74. The van der Waals surface area contributed by atoms with E-state index in [1.807, 2.05) is 6.92 Å². The van der Waals surface area contributed by atoms with E-state index in [2.05, 4.69) is 17.0 Å². The van der Waals surface area contributed by atoms with Gasteiger partial charge in [0.05, 0.1) is 7.11 Å². The third-order valence-electron chi connectivity index (χ3n) is 4.04. The number of esters is 1. The molecule has 3 heteroatoms. The van der Waals surface area contributed by atoms with E-state index in [9.17, 15) is 4.79 Å². The van der Waals surface area contributed by atoms with Crippen LogP contribution in [0.4, 0.5) is 0 Å². The van der Waals surface area contributed by atoms with Gasteiger partial charge in [0, 0.05) is 0 Å². The molecule has 1 N–H and O–H groups in total. The van der Waals surface area contributed by atoms with Gasteiger partial charge in [0.1, 0.15) is 6.04 Å². The fraction of sp³-hybridized carbons (Fsp3) is 0.944. The lowest BCUT2D eigenvalue weighted by Crippen LogP contribution is -2.35. The Labute approximate surface area is 132 Å². The largest absolute Gasteiger partial charge is 0.468 e. The van der Waals surface area contributed by atoms with Gasteiger partial charge < -0.3 is 10.1 Å². The van der Waals surface area contributed by atoms with Crippen molar-refractivity contribution in [2.24, 2.45) is 0 Å². The van der Waals surface area contributed by atoms with Crippen molar-refractivity contribution < 1.29 is 9.53 Å². The van der Waals surface area contributed by atoms with Gasteiger partial charge in [-0.1, -0.05) is 77.6 Å². The van der Waals surface area contributed by atoms with Crippen molar-refractivity contribution >= 4 is 5.97 Å². The Bertz CT molecular complexity index is 231. The maximum atomic E-state index is 11.2. The monoisotopic (exact) mass is 299 g/mol. The summed E-state index contributed by atoms with van der Waals surface area (Å²) >= 11 is 0. The molecule has 0 rings (SSSR count). The zero-order valence-electron chi connectivity index (χ0n) is 14.6. The summed E-state index contributed by atoms with van der Waals surface area (Å²) in [7, 11) is 1.43. The fourth-order valence-electron chi connectivity index (χ4n) is 2.54. The van der Waals surface area contributed by atoms with Crippen LogP contribution in [-0.4, -0.2) is 25.7 Å². The van der Waals surface area contributed by atoms with Crippen LogP contribution in [0.1, 0.15) is 90.9 Å². The lowest BCUT2D eigenvalue weighted by molar-refractivity contribution is -0.142. The topological polar surface area (TPSA) is 38.3 Å².